The Morgan fingerprint density at radius 2 is 2.23 bits per heavy atom. The Hall–Kier alpha value is -2.81. The molecule has 0 radical (unpaired) electrons. The SMILES string of the molecule is O=C(NN=Cc1cccc([N+](=O)[O-])c1O)c1cncc(Br)c1. The van der Waals surface area contributed by atoms with Gasteiger partial charge in [0, 0.05) is 28.5 Å². The van der Waals surface area contributed by atoms with Gasteiger partial charge in [-0.25, -0.2) is 5.43 Å². The molecule has 112 valence electrons. The molecule has 0 atom stereocenters. The van der Waals surface area contributed by atoms with Gasteiger partial charge in [-0.3, -0.25) is 19.9 Å². The first-order chi connectivity index (χ1) is 10.5. The first-order valence-electron chi connectivity index (χ1n) is 5.89. The number of nitro benzene ring substituents is 1. The quantitative estimate of drug-likeness (QED) is 0.489. The van der Waals surface area contributed by atoms with E-state index in [4.69, 9.17) is 0 Å². The normalized spacial score (nSPS) is 10.6. The van der Waals surface area contributed by atoms with Crippen LogP contribution in [0.25, 0.3) is 0 Å². The van der Waals surface area contributed by atoms with Crippen LogP contribution >= 0.6 is 15.9 Å². The van der Waals surface area contributed by atoms with Crippen molar-refractivity contribution in [2.24, 2.45) is 5.10 Å². The molecule has 2 aromatic rings. The number of nitrogens with zero attached hydrogens (tertiary/aromatic N) is 3. The predicted octanol–water partition coefficient (Wildman–Crippen LogP) is 2.22. The summed E-state index contributed by atoms with van der Waals surface area (Å²) in [7, 11) is 0. The number of pyridine rings is 1. The van der Waals surface area contributed by atoms with E-state index in [0.717, 1.165) is 6.21 Å². The van der Waals surface area contributed by atoms with Gasteiger partial charge in [0.15, 0.2) is 0 Å². The van der Waals surface area contributed by atoms with Gasteiger partial charge in [0.2, 0.25) is 5.75 Å². The number of phenolic OH excluding ortho intramolecular Hbond substituents is 1. The van der Waals surface area contributed by atoms with E-state index in [0.29, 0.717) is 4.47 Å². The van der Waals surface area contributed by atoms with Crippen molar-refractivity contribution in [1.82, 2.24) is 10.4 Å². The summed E-state index contributed by atoms with van der Waals surface area (Å²) in [5.74, 6) is -1.02. The molecule has 0 aliphatic carbocycles. The van der Waals surface area contributed by atoms with Gasteiger partial charge in [0.1, 0.15) is 0 Å². The third kappa shape index (κ3) is 3.64. The Bertz CT molecular complexity index is 763. The van der Waals surface area contributed by atoms with E-state index in [9.17, 15) is 20.0 Å². The molecule has 22 heavy (non-hydrogen) atoms. The van der Waals surface area contributed by atoms with Gasteiger partial charge in [-0.2, -0.15) is 5.10 Å². The average molecular weight is 365 g/mol. The van der Waals surface area contributed by atoms with E-state index in [1.807, 2.05) is 0 Å². The molecule has 0 spiro atoms. The first kappa shape index (κ1) is 15.6. The van der Waals surface area contributed by atoms with Crippen molar-refractivity contribution in [1.29, 1.82) is 0 Å². The van der Waals surface area contributed by atoms with E-state index < -0.39 is 22.3 Å². The number of phenols is 1. The fourth-order valence-corrected chi connectivity index (χ4v) is 1.93. The van der Waals surface area contributed by atoms with Crippen LogP contribution in [0.1, 0.15) is 15.9 Å². The fourth-order valence-electron chi connectivity index (χ4n) is 1.56. The van der Waals surface area contributed by atoms with Gasteiger partial charge >= 0.3 is 5.69 Å². The number of aromatic nitrogens is 1. The van der Waals surface area contributed by atoms with Crippen molar-refractivity contribution in [3.8, 4) is 5.75 Å². The number of benzene rings is 1. The Balaban J connectivity index is 2.12. The number of carbonyl (C=O) groups is 1. The van der Waals surface area contributed by atoms with E-state index in [2.05, 4.69) is 31.4 Å². The number of hydrogen-bond donors (Lipinski definition) is 2. The molecule has 1 amide bonds. The van der Waals surface area contributed by atoms with Gasteiger partial charge in [0.05, 0.1) is 16.7 Å². The maximum atomic E-state index is 11.8. The molecule has 0 bridgehead atoms. The number of amides is 1. The van der Waals surface area contributed by atoms with E-state index in [1.165, 1.54) is 30.6 Å². The number of aromatic hydroxyl groups is 1. The van der Waals surface area contributed by atoms with Crippen molar-refractivity contribution in [3.05, 3.63) is 62.4 Å². The van der Waals surface area contributed by atoms with Gasteiger partial charge in [-0.15, -0.1) is 0 Å². The molecule has 2 N–H and O–H groups in total. The molecule has 1 aromatic carbocycles. The second-order valence-corrected chi connectivity index (χ2v) is 4.98. The van der Waals surface area contributed by atoms with E-state index in [-0.39, 0.29) is 11.1 Å². The third-order valence-corrected chi connectivity index (χ3v) is 3.01. The topological polar surface area (TPSA) is 118 Å². The molecular formula is C13H9BrN4O4. The molecule has 0 fully saturated rings. The van der Waals surface area contributed by atoms with Crippen LogP contribution in [-0.2, 0) is 0 Å². The predicted molar refractivity (Wildman–Crippen MR) is 81.8 cm³/mol. The zero-order valence-corrected chi connectivity index (χ0v) is 12.5. The lowest BCUT2D eigenvalue weighted by Gasteiger charge is -2.01. The molecule has 9 heteroatoms. The van der Waals surface area contributed by atoms with Crippen molar-refractivity contribution in [2.75, 3.05) is 0 Å². The zero-order valence-electron chi connectivity index (χ0n) is 10.9. The van der Waals surface area contributed by atoms with Crippen LogP contribution in [0.2, 0.25) is 0 Å². The number of halogens is 1. The molecule has 1 heterocycles. The molecule has 0 saturated heterocycles. The fraction of sp³-hybridized carbons (Fsp3) is 0. The van der Waals surface area contributed by atoms with Gasteiger partial charge in [-0.05, 0) is 28.1 Å². The molecular weight excluding hydrogens is 356 g/mol. The summed E-state index contributed by atoms with van der Waals surface area (Å²) in [6, 6.07) is 5.55. The van der Waals surface area contributed by atoms with Crippen LogP contribution in [-0.4, -0.2) is 27.1 Å². The van der Waals surface area contributed by atoms with Crippen LogP contribution in [0.5, 0.6) is 5.75 Å². The minimum atomic E-state index is -0.710. The zero-order chi connectivity index (χ0) is 16.1. The molecule has 0 aliphatic rings. The number of para-hydroxylation sites is 1. The van der Waals surface area contributed by atoms with Gasteiger partial charge in [-0.1, -0.05) is 6.07 Å². The highest BCUT2D eigenvalue weighted by atomic mass is 79.9. The Labute approximate surface area is 132 Å². The van der Waals surface area contributed by atoms with Crippen LogP contribution < -0.4 is 5.43 Å². The lowest BCUT2D eigenvalue weighted by Crippen LogP contribution is -2.17. The average Bonchev–Trinajstić information content (AvgIpc) is 2.48. The molecule has 1 aromatic heterocycles. The maximum absolute atomic E-state index is 11.8. The van der Waals surface area contributed by atoms with Crippen LogP contribution in [0.4, 0.5) is 5.69 Å². The van der Waals surface area contributed by atoms with E-state index in [1.54, 1.807) is 6.07 Å². The number of rotatable bonds is 4. The number of nitro groups is 1. The maximum Gasteiger partial charge on any atom is 0.311 e. The first-order valence-corrected chi connectivity index (χ1v) is 6.68. The summed E-state index contributed by atoms with van der Waals surface area (Å²) in [5.41, 5.74) is 2.20. The summed E-state index contributed by atoms with van der Waals surface area (Å²) >= 11 is 3.19. The molecule has 0 aliphatic heterocycles. The third-order valence-electron chi connectivity index (χ3n) is 2.58. The second kappa shape index (κ2) is 6.76. The van der Waals surface area contributed by atoms with Crippen LogP contribution in [0.15, 0.2) is 46.2 Å². The van der Waals surface area contributed by atoms with E-state index >= 15 is 0 Å². The number of carbonyl (C=O) groups excluding carboxylic acids is 1. The summed E-state index contributed by atoms with van der Waals surface area (Å²) in [6.45, 7) is 0. The molecule has 0 saturated carbocycles. The van der Waals surface area contributed by atoms with Crippen molar-refractivity contribution >= 4 is 33.7 Å². The molecule has 2 rings (SSSR count). The molecule has 0 unspecified atom stereocenters. The smallest absolute Gasteiger partial charge is 0.311 e. The summed E-state index contributed by atoms with van der Waals surface area (Å²) in [6.07, 6.45) is 4.01. The Kier molecular flexibility index (Phi) is 4.79. The van der Waals surface area contributed by atoms with Crippen LogP contribution in [0, 0.1) is 10.1 Å². The Morgan fingerprint density at radius 1 is 1.45 bits per heavy atom. The minimum Gasteiger partial charge on any atom is -0.502 e. The van der Waals surface area contributed by atoms with Crippen LogP contribution in [0.3, 0.4) is 0 Å². The van der Waals surface area contributed by atoms with Crippen molar-refractivity contribution in [2.45, 2.75) is 0 Å². The largest absolute Gasteiger partial charge is 0.502 e. The summed E-state index contributed by atoms with van der Waals surface area (Å²) in [4.78, 5) is 25.6. The standard InChI is InChI=1S/C13H9BrN4O4/c14-10-4-9(5-15-7-10)13(20)17-16-6-8-2-1-3-11(12(8)19)18(21)22/h1-7,19H,(H,17,20). The minimum absolute atomic E-state index is 0.113. The highest BCUT2D eigenvalue weighted by Crippen LogP contribution is 2.27. The van der Waals surface area contributed by atoms with Crippen molar-refractivity contribution < 1.29 is 14.8 Å². The number of hydrazone groups is 1. The molecule has 8 nitrogen and oxygen atoms in total. The highest BCUT2D eigenvalue weighted by molar-refractivity contribution is 9.10. The number of hydrogen-bond acceptors (Lipinski definition) is 6. The summed E-state index contributed by atoms with van der Waals surface area (Å²) < 4.78 is 0.639. The van der Waals surface area contributed by atoms with Crippen molar-refractivity contribution in [3.63, 3.8) is 0 Å². The number of nitrogens with one attached hydrogen (secondary N) is 1. The lowest BCUT2D eigenvalue weighted by molar-refractivity contribution is -0.385. The highest BCUT2D eigenvalue weighted by Gasteiger charge is 2.15. The van der Waals surface area contributed by atoms with Gasteiger partial charge in [0.25, 0.3) is 5.91 Å². The Morgan fingerprint density at radius 3 is 2.91 bits per heavy atom. The second-order valence-electron chi connectivity index (χ2n) is 4.06. The summed E-state index contributed by atoms with van der Waals surface area (Å²) in [5, 5.41) is 24.1. The lowest BCUT2D eigenvalue weighted by atomic mass is 10.2. The monoisotopic (exact) mass is 364 g/mol. The van der Waals surface area contributed by atoms with Gasteiger partial charge < -0.3 is 5.11 Å².